The van der Waals surface area contributed by atoms with Crippen LogP contribution < -0.4 is 31.9 Å². The lowest BCUT2D eigenvalue weighted by Gasteiger charge is -2.42. The number of amides is 8. The fourth-order valence-corrected chi connectivity index (χ4v) is 13.5. The highest BCUT2D eigenvalue weighted by Gasteiger charge is 2.48. The Labute approximate surface area is 610 Å². The maximum atomic E-state index is 14.0. The molecule has 16 unspecified atom stereocenters. The van der Waals surface area contributed by atoms with Crippen LogP contribution in [0.4, 0.5) is 0 Å². The van der Waals surface area contributed by atoms with Gasteiger partial charge in [-0.3, -0.25) is 47.8 Å². The Morgan fingerprint density at radius 1 is 0.486 bits per heavy atom. The predicted octanol–water partition coefficient (Wildman–Crippen LogP) is -7.77. The Kier molecular flexibility index (Phi) is 43.4. The summed E-state index contributed by atoms with van der Waals surface area (Å²) >= 11 is 0. The van der Waals surface area contributed by atoms with Gasteiger partial charge in [0, 0.05) is 79.4 Å². The summed E-state index contributed by atoms with van der Waals surface area (Å²) in [5, 5.41) is 107. The zero-order valence-electron chi connectivity index (χ0n) is 60.9. The maximum Gasteiger partial charge on any atom is 0.328 e. The van der Waals surface area contributed by atoms with Gasteiger partial charge in [0.25, 0.3) is 0 Å². The van der Waals surface area contributed by atoms with Crippen LogP contribution in [0.2, 0.25) is 0 Å². The highest BCUT2D eigenvalue weighted by molar-refractivity contribution is 7.52. The van der Waals surface area contributed by atoms with Crippen molar-refractivity contribution in [3.63, 3.8) is 0 Å². The number of hydrogen-bond donors (Lipinski definition) is 16. The Morgan fingerprint density at radius 3 is 1.19 bits per heavy atom. The van der Waals surface area contributed by atoms with Crippen molar-refractivity contribution < 1.29 is 150 Å². The standard InChI is InChI=1S/C64H116N9O31P/c1-40(77)68-52-58(88)55(85)44(36-74)101-61(52)98-30-27-95-22-15-67-49(82)35-73(51(84)10-7-9-50(83)72-18-11-43(12-19-72)104-105(91,92)39-64(4,5)6)17-8-16-71(33-47(80)65-13-20-93-23-25-96-28-31-99-62-53(69-41(2)78)59(89)56(86)45(37-75)102-62)34-48(81)66-14-21-94-24-26-97-29-32-100-63-54(70-42(3)79)60(90)57(87)46(38-76)103-63/h43-46,52-63,74-76,85-90H,7-39H2,1-6H3,(H,65,80)(H,66,81)(H,67,82)(H,68,77)(H,69,78)(H,70,79)(H,91,92). The van der Waals surface area contributed by atoms with Gasteiger partial charge < -0.3 is 149 Å². The van der Waals surface area contributed by atoms with Crippen molar-refractivity contribution in [1.29, 1.82) is 0 Å². The number of aliphatic hydroxyl groups excluding tert-OH is 9. The second-order valence-corrected chi connectivity index (χ2v) is 28.6. The van der Waals surface area contributed by atoms with Gasteiger partial charge >= 0.3 is 7.60 Å². The molecule has 0 aromatic rings. The quantitative estimate of drug-likeness (QED) is 0.0199. The number of rotatable bonds is 50. The highest BCUT2D eigenvalue weighted by Crippen LogP contribution is 2.49. The van der Waals surface area contributed by atoms with Gasteiger partial charge in [-0.25, -0.2) is 0 Å². The number of aliphatic hydroxyl groups is 9. The number of likely N-dealkylation sites (tertiary alicyclic amines) is 1. The molecule has 0 saturated carbocycles. The second kappa shape index (κ2) is 49.3. The van der Waals surface area contributed by atoms with E-state index in [0.29, 0.717) is 12.8 Å². The predicted molar refractivity (Wildman–Crippen MR) is 363 cm³/mol. The number of carbonyl (C=O) groups excluding carboxylic acids is 8. The van der Waals surface area contributed by atoms with Gasteiger partial charge in [0.2, 0.25) is 47.3 Å². The van der Waals surface area contributed by atoms with Gasteiger partial charge in [0.15, 0.2) is 18.9 Å². The zero-order valence-corrected chi connectivity index (χ0v) is 61.8. The Bertz CT molecular complexity index is 2550. The maximum absolute atomic E-state index is 14.0. The van der Waals surface area contributed by atoms with Crippen LogP contribution >= 0.6 is 7.60 Å². The lowest BCUT2D eigenvalue weighted by Crippen LogP contribution is -2.64. The van der Waals surface area contributed by atoms with E-state index >= 15 is 0 Å². The van der Waals surface area contributed by atoms with Crippen LogP contribution in [0.15, 0.2) is 0 Å². The van der Waals surface area contributed by atoms with Crippen molar-refractivity contribution in [1.82, 2.24) is 46.6 Å². The summed E-state index contributed by atoms with van der Waals surface area (Å²) in [7, 11) is -3.88. The first-order valence-corrected chi connectivity index (χ1v) is 37.1. The number of hydrogen-bond acceptors (Lipinski definition) is 31. The molecule has 40 nitrogen and oxygen atoms in total. The molecule has 16 N–H and O–H groups in total. The molecule has 4 rings (SSSR count). The Balaban J connectivity index is 1.33. The van der Waals surface area contributed by atoms with E-state index in [-0.39, 0.29) is 183 Å². The van der Waals surface area contributed by atoms with Crippen LogP contribution in [0.3, 0.4) is 0 Å². The Morgan fingerprint density at radius 2 is 0.838 bits per heavy atom. The van der Waals surface area contributed by atoms with Crippen molar-refractivity contribution in [2.45, 2.75) is 178 Å². The molecule has 0 spiro atoms. The van der Waals surface area contributed by atoms with Crippen LogP contribution in [-0.4, -0.2) is 388 Å². The third-order valence-corrected chi connectivity index (χ3v) is 18.6. The van der Waals surface area contributed by atoms with Crippen molar-refractivity contribution in [2.24, 2.45) is 5.41 Å². The average Bonchev–Trinajstić information content (AvgIpc) is 0.817. The first kappa shape index (κ1) is 92.5. The highest BCUT2D eigenvalue weighted by atomic mass is 31.2. The zero-order chi connectivity index (χ0) is 77.7. The summed E-state index contributed by atoms with van der Waals surface area (Å²) in [6.07, 6.45) is -15.9. The summed E-state index contributed by atoms with van der Waals surface area (Å²) in [6, 6.07) is -3.42. The molecule has 0 aliphatic carbocycles. The minimum atomic E-state index is -3.88. The van der Waals surface area contributed by atoms with E-state index in [1.807, 2.05) is 20.8 Å². The molecular formula is C64H116N9O31P. The van der Waals surface area contributed by atoms with Gasteiger partial charge in [-0.2, -0.15) is 0 Å². The van der Waals surface area contributed by atoms with E-state index in [9.17, 15) is 93.8 Å². The van der Waals surface area contributed by atoms with Gasteiger partial charge in [0.1, 0.15) is 73.1 Å². The number of piperidine rings is 1. The van der Waals surface area contributed by atoms with E-state index in [4.69, 9.17) is 56.6 Å². The monoisotopic (exact) mass is 1540 g/mol. The number of carbonyl (C=O) groups is 8. The van der Waals surface area contributed by atoms with E-state index < -0.39 is 179 Å². The van der Waals surface area contributed by atoms with Crippen LogP contribution in [0.5, 0.6) is 0 Å². The molecule has 4 fully saturated rings. The number of ether oxygens (including phenoxy) is 11. The molecule has 16 atom stereocenters. The van der Waals surface area contributed by atoms with E-state index in [1.165, 1.54) is 30.6 Å². The topological polar surface area (TPSA) is 549 Å². The van der Waals surface area contributed by atoms with Crippen molar-refractivity contribution in [2.75, 3.05) is 177 Å². The third-order valence-electron chi connectivity index (χ3n) is 16.6. The summed E-state index contributed by atoms with van der Waals surface area (Å²) in [6.45, 7) is 6.98. The Hall–Kier alpha value is -4.93. The molecule has 0 aromatic carbocycles. The molecule has 0 bridgehead atoms. The molecule has 4 aliphatic rings. The smallest absolute Gasteiger partial charge is 0.328 e. The minimum absolute atomic E-state index is 0.0190. The van der Waals surface area contributed by atoms with E-state index in [2.05, 4.69) is 31.9 Å². The molecule has 105 heavy (non-hydrogen) atoms. The first-order valence-electron chi connectivity index (χ1n) is 35.4. The lowest BCUT2D eigenvalue weighted by atomic mass is 9.97. The van der Waals surface area contributed by atoms with Crippen LogP contribution in [0.1, 0.15) is 80.1 Å². The largest absolute Gasteiger partial charge is 0.394 e. The molecule has 608 valence electrons. The summed E-state index contributed by atoms with van der Waals surface area (Å²) in [5.41, 5.74) is -0.447. The average molecular weight is 1540 g/mol. The van der Waals surface area contributed by atoms with E-state index in [0.717, 1.165) is 0 Å². The summed E-state index contributed by atoms with van der Waals surface area (Å²) in [4.78, 5) is 118. The van der Waals surface area contributed by atoms with Gasteiger partial charge in [0.05, 0.1) is 138 Å². The van der Waals surface area contributed by atoms with E-state index in [1.54, 1.807) is 4.90 Å². The molecule has 4 aliphatic heterocycles. The SMILES string of the molecule is CC(=O)NC1C(OCCOCCNC(=O)CN(CCCN(CC(=O)NCCOCCOCCOC2OC(CO)C(O)C(O)C2NC(C)=O)CC(=O)NCCOCCOCCOC2OC(CO)C(O)C(O)C2NC(C)=O)C(=O)CCCC(=O)N2CCC(OP(=O)(O)CC(C)(C)C)CC2)OC(CO)C(O)C1O. The third kappa shape index (κ3) is 35.5. The fourth-order valence-electron chi connectivity index (χ4n) is 11.6. The van der Waals surface area contributed by atoms with Crippen molar-refractivity contribution in [3.8, 4) is 0 Å². The molecule has 0 radical (unpaired) electrons. The normalized spacial score (nSPS) is 26.5. The van der Waals surface area contributed by atoms with Crippen LogP contribution in [-0.2, 0) is 99.6 Å². The summed E-state index contributed by atoms with van der Waals surface area (Å²) < 4.78 is 79.9. The first-order chi connectivity index (χ1) is 49.9. The molecule has 4 saturated heterocycles. The lowest BCUT2D eigenvalue weighted by molar-refractivity contribution is -0.272. The van der Waals surface area contributed by atoms with Crippen molar-refractivity contribution in [3.05, 3.63) is 0 Å². The van der Waals surface area contributed by atoms with Gasteiger partial charge in [-0.1, -0.05) is 20.8 Å². The molecule has 0 aromatic heterocycles. The van der Waals surface area contributed by atoms with Crippen LogP contribution in [0, 0.1) is 5.41 Å². The van der Waals surface area contributed by atoms with Crippen LogP contribution in [0.25, 0.3) is 0 Å². The molecule has 4 heterocycles. The molecular weight excluding hydrogens is 1420 g/mol. The molecule has 41 heteroatoms. The van der Waals surface area contributed by atoms with Gasteiger partial charge in [-0.05, 0) is 31.1 Å². The number of nitrogens with zero attached hydrogens (tertiary/aromatic N) is 3. The van der Waals surface area contributed by atoms with Gasteiger partial charge in [-0.15, -0.1) is 0 Å². The summed E-state index contributed by atoms with van der Waals surface area (Å²) in [5.74, 6) is -3.85. The fraction of sp³-hybridized carbons (Fsp3) is 0.875. The second-order valence-electron chi connectivity index (χ2n) is 26.8. The molecule has 8 amide bonds. The minimum Gasteiger partial charge on any atom is -0.394 e. The number of nitrogens with one attached hydrogen (secondary N) is 6. The van der Waals surface area contributed by atoms with Crippen molar-refractivity contribution >= 4 is 54.9 Å².